The Morgan fingerprint density at radius 3 is 2.65 bits per heavy atom. The van der Waals surface area contributed by atoms with E-state index >= 15 is 0 Å². The van der Waals surface area contributed by atoms with E-state index < -0.39 is 0 Å². The van der Waals surface area contributed by atoms with E-state index in [1.807, 2.05) is 6.92 Å². The third-order valence-corrected chi connectivity index (χ3v) is 7.96. The van der Waals surface area contributed by atoms with Crippen molar-refractivity contribution in [2.24, 2.45) is 28.6 Å². The van der Waals surface area contributed by atoms with Crippen molar-refractivity contribution < 1.29 is 14.6 Å². The Morgan fingerprint density at radius 2 is 1.91 bits per heavy atom. The van der Waals surface area contributed by atoms with Gasteiger partial charge in [-0.15, -0.1) is 0 Å². The lowest BCUT2D eigenvalue weighted by Gasteiger charge is -2.62. The number of carbonyl (C=O) groups excluding carboxylic acids is 1. The van der Waals surface area contributed by atoms with Gasteiger partial charge in [0.25, 0.3) is 0 Å². The predicted molar refractivity (Wildman–Crippen MR) is 88.6 cm³/mol. The molecule has 0 saturated heterocycles. The molecule has 4 aliphatic rings. The van der Waals surface area contributed by atoms with E-state index in [2.05, 4.69) is 20.8 Å². The number of aliphatic hydroxyl groups is 1. The smallest absolute Gasteiger partial charge is 0.334 e. The molecule has 0 unspecified atom stereocenters. The van der Waals surface area contributed by atoms with Crippen LogP contribution in [0.25, 0.3) is 0 Å². The quantitative estimate of drug-likeness (QED) is 0.690. The number of aliphatic hydroxyl groups excluding tert-OH is 1. The van der Waals surface area contributed by atoms with Gasteiger partial charge in [0, 0.05) is 5.57 Å². The van der Waals surface area contributed by atoms with Crippen LogP contribution in [0.5, 0.6) is 0 Å². The second-order valence-corrected chi connectivity index (χ2v) is 9.46. The first-order chi connectivity index (χ1) is 10.7. The molecule has 0 bridgehead atoms. The molecule has 23 heavy (non-hydrogen) atoms. The highest BCUT2D eigenvalue weighted by Crippen LogP contribution is 2.64. The Morgan fingerprint density at radius 1 is 1.17 bits per heavy atom. The molecule has 1 N–H and O–H groups in total. The number of ether oxygens (including phenoxy) is 1. The summed E-state index contributed by atoms with van der Waals surface area (Å²) >= 11 is 0. The van der Waals surface area contributed by atoms with Crippen molar-refractivity contribution in [3.63, 3.8) is 0 Å². The van der Waals surface area contributed by atoms with Gasteiger partial charge < -0.3 is 9.84 Å². The number of fused-ring (bicyclic) bond motifs is 4. The fourth-order valence-corrected chi connectivity index (χ4v) is 6.71. The van der Waals surface area contributed by atoms with Crippen molar-refractivity contribution in [1.29, 1.82) is 0 Å². The minimum Gasteiger partial charge on any atom is -0.454 e. The predicted octanol–water partition coefficient (Wildman–Crippen LogP) is 3.85. The molecule has 3 saturated carbocycles. The van der Waals surface area contributed by atoms with Crippen LogP contribution in [0.4, 0.5) is 0 Å². The molecule has 0 amide bonds. The number of hydrogen-bond donors (Lipinski definition) is 1. The molecule has 3 aliphatic carbocycles. The summed E-state index contributed by atoms with van der Waals surface area (Å²) in [6.07, 6.45) is 6.26. The van der Waals surface area contributed by atoms with E-state index in [4.69, 9.17) is 4.74 Å². The van der Waals surface area contributed by atoms with Gasteiger partial charge in [-0.05, 0) is 73.2 Å². The molecule has 3 fully saturated rings. The monoisotopic (exact) mass is 318 g/mol. The Kier molecular flexibility index (Phi) is 3.30. The van der Waals surface area contributed by atoms with Gasteiger partial charge in [-0.3, -0.25) is 0 Å². The van der Waals surface area contributed by atoms with E-state index in [0.29, 0.717) is 23.2 Å². The van der Waals surface area contributed by atoms with Crippen LogP contribution in [0.1, 0.15) is 66.2 Å². The molecule has 128 valence electrons. The van der Waals surface area contributed by atoms with E-state index in [-0.39, 0.29) is 23.6 Å². The van der Waals surface area contributed by atoms with Gasteiger partial charge >= 0.3 is 5.97 Å². The summed E-state index contributed by atoms with van der Waals surface area (Å²) in [6.45, 7) is 9.12. The molecule has 0 radical (unpaired) electrons. The zero-order chi connectivity index (χ0) is 16.6. The van der Waals surface area contributed by atoms with Crippen LogP contribution >= 0.6 is 0 Å². The number of esters is 1. The molecule has 3 nitrogen and oxygen atoms in total. The Hall–Kier alpha value is -0.830. The highest BCUT2D eigenvalue weighted by Gasteiger charge is 2.59. The Labute approximate surface area is 139 Å². The molecule has 3 heteroatoms. The summed E-state index contributed by atoms with van der Waals surface area (Å²) in [4.78, 5) is 12.0. The highest BCUT2D eigenvalue weighted by atomic mass is 16.5. The summed E-state index contributed by atoms with van der Waals surface area (Å²) in [6, 6.07) is 0. The average molecular weight is 318 g/mol. The highest BCUT2D eigenvalue weighted by molar-refractivity contribution is 5.91. The van der Waals surface area contributed by atoms with Gasteiger partial charge in [0.2, 0.25) is 0 Å². The van der Waals surface area contributed by atoms with Gasteiger partial charge in [-0.1, -0.05) is 27.2 Å². The van der Waals surface area contributed by atoms with Crippen LogP contribution < -0.4 is 0 Å². The summed E-state index contributed by atoms with van der Waals surface area (Å²) in [5, 5.41) is 10.9. The molecule has 1 heterocycles. The SMILES string of the molecule is CC1=C2C[C@@H]3[C@@H](C[C@H]2OC1=O)[C@]1(C)CCCC(C)(C)[C@H]1C[C@@H]3O. The lowest BCUT2D eigenvalue weighted by atomic mass is 9.43. The van der Waals surface area contributed by atoms with Crippen LogP contribution in [-0.2, 0) is 9.53 Å². The zero-order valence-electron chi connectivity index (χ0n) is 14.9. The van der Waals surface area contributed by atoms with E-state index in [0.717, 1.165) is 24.8 Å². The maximum Gasteiger partial charge on any atom is 0.334 e. The van der Waals surface area contributed by atoms with Crippen LogP contribution in [0.15, 0.2) is 11.1 Å². The van der Waals surface area contributed by atoms with Crippen LogP contribution in [0, 0.1) is 28.6 Å². The molecule has 0 aromatic rings. The maximum absolute atomic E-state index is 12.0. The Bertz CT molecular complexity index is 575. The summed E-state index contributed by atoms with van der Waals surface area (Å²) in [5.41, 5.74) is 2.56. The summed E-state index contributed by atoms with van der Waals surface area (Å²) in [5.74, 6) is 1.22. The van der Waals surface area contributed by atoms with Gasteiger partial charge in [0.15, 0.2) is 0 Å². The van der Waals surface area contributed by atoms with Gasteiger partial charge in [-0.25, -0.2) is 4.79 Å². The third kappa shape index (κ3) is 2.08. The van der Waals surface area contributed by atoms with Crippen molar-refractivity contribution >= 4 is 5.97 Å². The first kappa shape index (κ1) is 15.7. The van der Waals surface area contributed by atoms with Crippen molar-refractivity contribution in [3.05, 3.63) is 11.1 Å². The first-order valence-electron chi connectivity index (χ1n) is 9.33. The molecular formula is C20H30O3. The molecule has 0 aromatic heterocycles. The first-order valence-corrected chi connectivity index (χ1v) is 9.33. The molecule has 0 aromatic carbocycles. The third-order valence-electron chi connectivity index (χ3n) is 7.96. The minimum atomic E-state index is -0.229. The van der Waals surface area contributed by atoms with Crippen molar-refractivity contribution in [3.8, 4) is 0 Å². The summed E-state index contributed by atoms with van der Waals surface area (Å²) < 4.78 is 5.64. The van der Waals surface area contributed by atoms with Gasteiger partial charge in [0.1, 0.15) is 6.10 Å². The van der Waals surface area contributed by atoms with Gasteiger partial charge in [-0.2, -0.15) is 0 Å². The van der Waals surface area contributed by atoms with Crippen molar-refractivity contribution in [2.45, 2.75) is 78.4 Å². The topological polar surface area (TPSA) is 46.5 Å². The largest absolute Gasteiger partial charge is 0.454 e. The fourth-order valence-electron chi connectivity index (χ4n) is 6.71. The standard InChI is InChI=1S/C20H30O3/c1-11-12-8-13-14(9-16(12)23-18(11)22)20(4)7-5-6-19(2,3)17(20)10-15(13)21/h13-17,21H,5-10H2,1-4H3/t13-,14-,15+,16-,17-,20+/m1/s1. The Balaban J connectivity index is 1.71. The van der Waals surface area contributed by atoms with Gasteiger partial charge in [0.05, 0.1) is 6.10 Å². The summed E-state index contributed by atoms with van der Waals surface area (Å²) in [7, 11) is 0. The normalized spacial score (nSPS) is 48.4. The lowest BCUT2D eigenvalue weighted by Crippen LogP contribution is -2.57. The minimum absolute atomic E-state index is 0.0171. The van der Waals surface area contributed by atoms with Crippen LogP contribution in [0.3, 0.4) is 0 Å². The maximum atomic E-state index is 12.0. The molecule has 0 spiro atoms. The zero-order valence-corrected chi connectivity index (χ0v) is 14.9. The van der Waals surface area contributed by atoms with E-state index in [1.165, 1.54) is 24.8 Å². The molecular weight excluding hydrogens is 288 g/mol. The number of rotatable bonds is 0. The average Bonchev–Trinajstić information content (AvgIpc) is 2.75. The van der Waals surface area contributed by atoms with E-state index in [9.17, 15) is 9.90 Å². The molecule has 4 rings (SSSR count). The molecule has 6 atom stereocenters. The fraction of sp³-hybridized carbons (Fsp3) is 0.850. The van der Waals surface area contributed by atoms with Crippen molar-refractivity contribution in [2.75, 3.05) is 0 Å². The second-order valence-electron chi connectivity index (χ2n) is 9.46. The number of hydrogen-bond acceptors (Lipinski definition) is 3. The second kappa shape index (κ2) is 4.84. The lowest BCUT2D eigenvalue weighted by molar-refractivity contribution is -0.164. The molecule has 1 aliphatic heterocycles. The van der Waals surface area contributed by atoms with Crippen molar-refractivity contribution in [1.82, 2.24) is 0 Å². The van der Waals surface area contributed by atoms with E-state index in [1.54, 1.807) is 0 Å². The van der Waals surface area contributed by atoms with Crippen LogP contribution in [-0.4, -0.2) is 23.3 Å². The van der Waals surface area contributed by atoms with Crippen LogP contribution in [0.2, 0.25) is 0 Å². The number of carbonyl (C=O) groups is 1.